The first kappa shape index (κ1) is 20.1. The zero-order chi connectivity index (χ0) is 20.8. The lowest BCUT2D eigenvalue weighted by Gasteiger charge is -2.31. The van der Waals surface area contributed by atoms with E-state index < -0.39 is 0 Å². The van der Waals surface area contributed by atoms with Crippen molar-refractivity contribution in [3.05, 3.63) is 77.4 Å². The summed E-state index contributed by atoms with van der Waals surface area (Å²) in [5.74, 6) is 1.02. The molecule has 0 saturated carbocycles. The number of nitrogens with zero attached hydrogens (tertiary/aromatic N) is 3. The minimum Gasteiger partial charge on any atom is -0.497 e. The Labute approximate surface area is 176 Å². The molecule has 1 aliphatic rings. The maximum Gasteiger partial charge on any atom is 0.290 e. The summed E-state index contributed by atoms with van der Waals surface area (Å²) in [6.45, 7) is 3.25. The first-order chi connectivity index (χ1) is 14.7. The molecule has 0 bridgehead atoms. The van der Waals surface area contributed by atoms with E-state index in [1.165, 1.54) is 5.56 Å². The first-order valence-electron chi connectivity index (χ1n) is 10.2. The number of carbonyl (C=O) groups is 1. The number of piperidine rings is 1. The minimum atomic E-state index is -0.263. The highest BCUT2D eigenvalue weighted by Gasteiger charge is 2.25. The zero-order valence-corrected chi connectivity index (χ0v) is 17.1. The van der Waals surface area contributed by atoms with Crippen molar-refractivity contribution in [3.63, 3.8) is 0 Å². The van der Waals surface area contributed by atoms with Gasteiger partial charge in [0.25, 0.3) is 5.91 Å². The van der Waals surface area contributed by atoms with Crippen molar-refractivity contribution in [2.24, 2.45) is 0 Å². The van der Waals surface area contributed by atoms with E-state index in [4.69, 9.17) is 9.26 Å². The molecule has 1 aliphatic heterocycles. The lowest BCUT2D eigenvalue weighted by Crippen LogP contribution is -2.34. The number of amides is 1. The molecular weight excluding hydrogens is 380 g/mol. The highest BCUT2D eigenvalue weighted by molar-refractivity contribution is 5.91. The highest BCUT2D eigenvalue weighted by atomic mass is 16.5. The molecule has 1 N–H and O–H groups in total. The molecular formula is C23H26N4O3. The SMILES string of the molecule is COc1cccc(CNC(=O)c2cc(C3CCCN(Cc4ccncc4)C3)no2)c1. The van der Waals surface area contributed by atoms with E-state index in [0.29, 0.717) is 6.54 Å². The van der Waals surface area contributed by atoms with Gasteiger partial charge in [-0.25, -0.2) is 0 Å². The second-order valence-electron chi connectivity index (χ2n) is 7.58. The molecule has 1 amide bonds. The average molecular weight is 406 g/mol. The van der Waals surface area contributed by atoms with Gasteiger partial charge in [-0.1, -0.05) is 17.3 Å². The molecule has 0 aliphatic carbocycles. The summed E-state index contributed by atoms with van der Waals surface area (Å²) >= 11 is 0. The molecule has 3 aromatic rings. The van der Waals surface area contributed by atoms with Gasteiger partial charge in [-0.05, 0) is 54.8 Å². The summed E-state index contributed by atoms with van der Waals surface area (Å²) < 4.78 is 10.6. The topological polar surface area (TPSA) is 80.5 Å². The Morgan fingerprint density at radius 1 is 1.23 bits per heavy atom. The molecule has 4 rings (SSSR count). The normalized spacial score (nSPS) is 16.9. The van der Waals surface area contributed by atoms with Crippen molar-refractivity contribution in [2.45, 2.75) is 31.8 Å². The summed E-state index contributed by atoms with van der Waals surface area (Å²) in [6, 6.07) is 13.5. The van der Waals surface area contributed by atoms with Crippen LogP contribution in [0.4, 0.5) is 0 Å². The number of aromatic nitrogens is 2. The predicted molar refractivity (Wildman–Crippen MR) is 112 cm³/mol. The largest absolute Gasteiger partial charge is 0.497 e. The highest BCUT2D eigenvalue weighted by Crippen LogP contribution is 2.27. The van der Waals surface area contributed by atoms with Crippen LogP contribution in [0.15, 0.2) is 59.4 Å². The molecule has 156 valence electrons. The van der Waals surface area contributed by atoms with Gasteiger partial charge in [0.05, 0.1) is 12.8 Å². The fourth-order valence-electron chi connectivity index (χ4n) is 3.83. The fourth-order valence-corrected chi connectivity index (χ4v) is 3.83. The van der Waals surface area contributed by atoms with Crippen LogP contribution in [0.25, 0.3) is 0 Å². The number of pyridine rings is 1. The van der Waals surface area contributed by atoms with E-state index >= 15 is 0 Å². The van der Waals surface area contributed by atoms with Crippen LogP contribution in [0.5, 0.6) is 5.75 Å². The third-order valence-electron chi connectivity index (χ3n) is 5.42. The number of carbonyl (C=O) groups excluding carboxylic acids is 1. The minimum absolute atomic E-state index is 0.249. The third kappa shape index (κ3) is 5.04. The van der Waals surface area contributed by atoms with Gasteiger partial charge in [0.15, 0.2) is 0 Å². The summed E-state index contributed by atoms with van der Waals surface area (Å²) in [5, 5.41) is 7.07. The number of hydrogen-bond donors (Lipinski definition) is 1. The summed E-state index contributed by atoms with van der Waals surface area (Å²) in [6.07, 6.45) is 5.79. The smallest absolute Gasteiger partial charge is 0.290 e. The number of hydrogen-bond acceptors (Lipinski definition) is 6. The molecule has 1 aromatic carbocycles. The molecule has 1 saturated heterocycles. The van der Waals surface area contributed by atoms with Gasteiger partial charge >= 0.3 is 0 Å². The molecule has 7 heteroatoms. The number of methoxy groups -OCH3 is 1. The summed E-state index contributed by atoms with van der Waals surface area (Å²) in [5.41, 5.74) is 3.06. The molecule has 0 spiro atoms. The molecule has 30 heavy (non-hydrogen) atoms. The first-order valence-corrected chi connectivity index (χ1v) is 10.2. The molecule has 1 unspecified atom stereocenters. The molecule has 3 heterocycles. The van der Waals surface area contributed by atoms with E-state index in [-0.39, 0.29) is 17.6 Å². The van der Waals surface area contributed by atoms with Crippen LogP contribution in [0.2, 0.25) is 0 Å². The van der Waals surface area contributed by atoms with Gasteiger partial charge in [0.2, 0.25) is 5.76 Å². The van der Waals surface area contributed by atoms with Crippen molar-refractivity contribution in [1.29, 1.82) is 0 Å². The Hall–Kier alpha value is -3.19. The van der Waals surface area contributed by atoms with Crippen LogP contribution in [-0.2, 0) is 13.1 Å². The monoisotopic (exact) mass is 406 g/mol. The van der Waals surface area contributed by atoms with Crippen molar-refractivity contribution in [3.8, 4) is 5.75 Å². The zero-order valence-electron chi connectivity index (χ0n) is 17.1. The Kier molecular flexibility index (Phi) is 6.39. The number of likely N-dealkylation sites (tertiary alicyclic amines) is 1. The van der Waals surface area contributed by atoms with Gasteiger partial charge in [-0.3, -0.25) is 14.7 Å². The third-order valence-corrected chi connectivity index (χ3v) is 5.42. The Bertz CT molecular complexity index is 973. The van der Waals surface area contributed by atoms with Crippen LogP contribution < -0.4 is 10.1 Å². The quantitative estimate of drug-likeness (QED) is 0.648. The number of rotatable bonds is 7. The van der Waals surface area contributed by atoms with Crippen molar-refractivity contribution in [2.75, 3.05) is 20.2 Å². The van der Waals surface area contributed by atoms with Crippen LogP contribution in [0.3, 0.4) is 0 Å². The van der Waals surface area contributed by atoms with E-state index in [2.05, 4.69) is 20.4 Å². The van der Waals surface area contributed by atoms with Crippen molar-refractivity contribution in [1.82, 2.24) is 20.4 Å². The van der Waals surface area contributed by atoms with Crippen molar-refractivity contribution < 1.29 is 14.1 Å². The van der Waals surface area contributed by atoms with Gasteiger partial charge in [0, 0.05) is 44.0 Å². The second-order valence-corrected chi connectivity index (χ2v) is 7.58. The Morgan fingerprint density at radius 3 is 2.93 bits per heavy atom. The van der Waals surface area contributed by atoms with Crippen LogP contribution in [0.1, 0.15) is 46.1 Å². The van der Waals surface area contributed by atoms with Gasteiger partial charge in [0.1, 0.15) is 5.75 Å². The van der Waals surface area contributed by atoms with Crippen LogP contribution in [0, 0.1) is 0 Å². The van der Waals surface area contributed by atoms with E-state index in [1.54, 1.807) is 13.2 Å². The van der Waals surface area contributed by atoms with Crippen LogP contribution >= 0.6 is 0 Å². The fraction of sp³-hybridized carbons (Fsp3) is 0.348. The number of benzene rings is 1. The summed E-state index contributed by atoms with van der Waals surface area (Å²) in [4.78, 5) is 19.0. The van der Waals surface area contributed by atoms with Crippen molar-refractivity contribution >= 4 is 5.91 Å². The van der Waals surface area contributed by atoms with E-state index in [9.17, 15) is 4.79 Å². The molecule has 2 aromatic heterocycles. The Balaban J connectivity index is 1.34. The standard InChI is InChI=1S/C23H26N4O3/c1-29-20-6-2-4-18(12-20)14-25-23(28)22-13-21(26-30-22)19-5-3-11-27(16-19)15-17-7-9-24-10-8-17/h2,4,6-10,12-13,19H,3,5,11,14-16H2,1H3,(H,25,28). The molecule has 7 nitrogen and oxygen atoms in total. The van der Waals surface area contributed by atoms with Gasteiger partial charge in [-0.2, -0.15) is 0 Å². The molecule has 1 fully saturated rings. The number of nitrogens with one attached hydrogen (secondary N) is 1. The molecule has 1 atom stereocenters. The molecule has 0 radical (unpaired) electrons. The Morgan fingerprint density at radius 2 is 2.10 bits per heavy atom. The maximum absolute atomic E-state index is 12.5. The van der Waals surface area contributed by atoms with Crippen LogP contribution in [-0.4, -0.2) is 41.1 Å². The van der Waals surface area contributed by atoms with Gasteiger partial charge in [-0.15, -0.1) is 0 Å². The lowest BCUT2D eigenvalue weighted by atomic mass is 9.94. The lowest BCUT2D eigenvalue weighted by molar-refractivity contribution is 0.0913. The van der Waals surface area contributed by atoms with E-state index in [1.807, 2.05) is 48.8 Å². The maximum atomic E-state index is 12.5. The average Bonchev–Trinajstić information content (AvgIpc) is 3.29. The second kappa shape index (κ2) is 9.54. The summed E-state index contributed by atoms with van der Waals surface area (Å²) in [7, 11) is 1.62. The van der Waals surface area contributed by atoms with E-state index in [0.717, 1.165) is 49.5 Å². The number of ether oxygens (including phenoxy) is 1. The predicted octanol–water partition coefficient (Wildman–Crippen LogP) is 3.39. The van der Waals surface area contributed by atoms with Gasteiger partial charge < -0.3 is 14.6 Å².